The molecule has 0 saturated carbocycles. The van der Waals surface area contributed by atoms with Crippen LogP contribution in [0.5, 0.6) is 0 Å². The van der Waals surface area contributed by atoms with E-state index in [-0.39, 0.29) is 16.7 Å². The lowest BCUT2D eigenvalue weighted by Crippen LogP contribution is -2.02. The molecule has 9 rings (SSSR count). The summed E-state index contributed by atoms with van der Waals surface area (Å²) in [5.41, 5.74) is 10.8. The third kappa shape index (κ3) is 4.31. The summed E-state index contributed by atoms with van der Waals surface area (Å²) in [4.78, 5) is 0. The molecular formula is C45H25N5. The highest BCUT2D eigenvalue weighted by atomic mass is 15.0. The number of nitriles is 3. The first-order valence-electron chi connectivity index (χ1n) is 16.3. The van der Waals surface area contributed by atoms with Crippen LogP contribution in [0.2, 0.25) is 0 Å². The highest BCUT2D eigenvalue weighted by Gasteiger charge is 2.23. The Morgan fingerprint density at radius 1 is 0.400 bits per heavy atom. The molecule has 50 heavy (non-hydrogen) atoms. The first-order valence-corrected chi connectivity index (χ1v) is 16.3. The monoisotopic (exact) mass is 635 g/mol. The Balaban J connectivity index is 1.34. The van der Waals surface area contributed by atoms with E-state index in [0.29, 0.717) is 5.69 Å². The minimum Gasteiger partial charge on any atom is -0.309 e. The molecule has 0 unspecified atom stereocenters. The average molecular weight is 636 g/mol. The fourth-order valence-corrected chi connectivity index (χ4v) is 7.44. The molecule has 0 radical (unpaired) electrons. The SMILES string of the molecule is N#Cc1cc(C#N)c(-n2c3ccccc3c3c2ccc2c4ccccc4n(-c4cccc(-c5ccc(-c6ccccc6)cc5)c4)c23)c(C#N)c1. The quantitative estimate of drug-likeness (QED) is 0.193. The Kier molecular flexibility index (Phi) is 6.56. The second kappa shape index (κ2) is 11.4. The van der Waals surface area contributed by atoms with E-state index in [1.807, 2.05) is 28.8 Å². The summed E-state index contributed by atoms with van der Waals surface area (Å²) in [6, 6.07) is 58.3. The predicted octanol–water partition coefficient (Wildman–Crippen LogP) is 10.8. The molecule has 0 aliphatic rings. The van der Waals surface area contributed by atoms with Gasteiger partial charge in [-0.1, -0.05) is 109 Å². The molecular weight excluding hydrogens is 611 g/mol. The lowest BCUT2D eigenvalue weighted by atomic mass is 10.00. The van der Waals surface area contributed by atoms with Gasteiger partial charge in [-0.05, 0) is 64.7 Å². The van der Waals surface area contributed by atoms with Gasteiger partial charge in [0, 0.05) is 27.2 Å². The van der Waals surface area contributed by atoms with Gasteiger partial charge in [0.1, 0.15) is 12.1 Å². The minimum absolute atomic E-state index is 0.273. The van der Waals surface area contributed by atoms with E-state index in [1.165, 1.54) is 11.1 Å². The van der Waals surface area contributed by atoms with Gasteiger partial charge in [0.2, 0.25) is 0 Å². The van der Waals surface area contributed by atoms with E-state index in [2.05, 4.69) is 138 Å². The van der Waals surface area contributed by atoms with Crippen molar-refractivity contribution in [2.75, 3.05) is 0 Å². The van der Waals surface area contributed by atoms with Crippen LogP contribution in [-0.2, 0) is 0 Å². The van der Waals surface area contributed by atoms with Crippen molar-refractivity contribution in [1.82, 2.24) is 9.13 Å². The molecule has 7 aromatic carbocycles. The molecule has 0 fully saturated rings. The lowest BCUT2D eigenvalue weighted by molar-refractivity contribution is 1.15. The zero-order valence-corrected chi connectivity index (χ0v) is 26.7. The third-order valence-electron chi connectivity index (χ3n) is 9.60. The van der Waals surface area contributed by atoms with Gasteiger partial charge in [-0.15, -0.1) is 0 Å². The molecule has 230 valence electrons. The van der Waals surface area contributed by atoms with Crippen LogP contribution in [0.1, 0.15) is 16.7 Å². The zero-order valence-electron chi connectivity index (χ0n) is 26.7. The number of aromatic nitrogens is 2. The molecule has 5 heteroatoms. The van der Waals surface area contributed by atoms with E-state index in [0.717, 1.165) is 60.4 Å². The molecule has 5 nitrogen and oxygen atoms in total. The van der Waals surface area contributed by atoms with E-state index < -0.39 is 0 Å². The molecule has 0 atom stereocenters. The van der Waals surface area contributed by atoms with Crippen molar-refractivity contribution >= 4 is 43.6 Å². The first-order chi connectivity index (χ1) is 24.7. The number of fused-ring (bicyclic) bond motifs is 7. The van der Waals surface area contributed by atoms with Gasteiger partial charge in [-0.2, -0.15) is 15.8 Å². The number of rotatable bonds is 4. The highest BCUT2D eigenvalue weighted by molar-refractivity contribution is 6.26. The number of para-hydroxylation sites is 2. The van der Waals surface area contributed by atoms with E-state index in [9.17, 15) is 15.8 Å². The fourth-order valence-electron chi connectivity index (χ4n) is 7.44. The predicted molar refractivity (Wildman–Crippen MR) is 200 cm³/mol. The normalized spacial score (nSPS) is 11.1. The summed E-state index contributed by atoms with van der Waals surface area (Å²) in [7, 11) is 0. The van der Waals surface area contributed by atoms with Crippen LogP contribution in [0.4, 0.5) is 0 Å². The van der Waals surface area contributed by atoms with Crippen LogP contribution in [0, 0.1) is 34.0 Å². The van der Waals surface area contributed by atoms with Gasteiger partial charge < -0.3 is 9.13 Å². The van der Waals surface area contributed by atoms with Crippen molar-refractivity contribution in [1.29, 1.82) is 15.8 Å². The van der Waals surface area contributed by atoms with Crippen LogP contribution in [0.25, 0.3) is 77.2 Å². The van der Waals surface area contributed by atoms with Crippen molar-refractivity contribution in [2.45, 2.75) is 0 Å². The van der Waals surface area contributed by atoms with Gasteiger partial charge >= 0.3 is 0 Å². The second-order valence-corrected chi connectivity index (χ2v) is 12.3. The molecule has 0 spiro atoms. The molecule has 0 bridgehead atoms. The summed E-state index contributed by atoms with van der Waals surface area (Å²) in [6.07, 6.45) is 0. The Hall–Kier alpha value is -7.39. The minimum atomic E-state index is 0.273. The van der Waals surface area contributed by atoms with Crippen LogP contribution in [-0.4, -0.2) is 9.13 Å². The molecule has 0 aliphatic heterocycles. The van der Waals surface area contributed by atoms with Crippen LogP contribution in [0.15, 0.2) is 152 Å². The van der Waals surface area contributed by atoms with Crippen LogP contribution in [0.3, 0.4) is 0 Å². The van der Waals surface area contributed by atoms with Gasteiger partial charge in [-0.3, -0.25) is 0 Å². The molecule has 0 N–H and O–H groups in total. The molecule has 9 aromatic rings. The number of nitrogens with zero attached hydrogens (tertiary/aromatic N) is 5. The maximum Gasteiger partial charge on any atom is 0.101 e. The maximum atomic E-state index is 10.3. The van der Waals surface area contributed by atoms with Crippen molar-refractivity contribution in [3.05, 3.63) is 168 Å². The molecule has 0 saturated heterocycles. The molecule has 2 heterocycles. The van der Waals surface area contributed by atoms with E-state index >= 15 is 0 Å². The smallest absolute Gasteiger partial charge is 0.101 e. The van der Waals surface area contributed by atoms with E-state index in [4.69, 9.17) is 0 Å². The lowest BCUT2D eigenvalue weighted by Gasteiger charge is -2.13. The Morgan fingerprint density at radius 3 is 1.66 bits per heavy atom. The van der Waals surface area contributed by atoms with Gasteiger partial charge in [0.15, 0.2) is 0 Å². The summed E-state index contributed by atoms with van der Waals surface area (Å²) in [5, 5.41) is 34.4. The van der Waals surface area contributed by atoms with Gasteiger partial charge in [0.25, 0.3) is 0 Å². The van der Waals surface area contributed by atoms with Gasteiger partial charge in [0.05, 0.1) is 50.5 Å². The Labute approximate surface area is 287 Å². The Morgan fingerprint density at radius 2 is 0.980 bits per heavy atom. The zero-order chi connectivity index (χ0) is 33.8. The Bertz CT molecular complexity index is 2910. The van der Waals surface area contributed by atoms with E-state index in [1.54, 1.807) is 12.1 Å². The summed E-state index contributed by atoms with van der Waals surface area (Å²) in [5.74, 6) is 0. The topological polar surface area (TPSA) is 81.2 Å². The summed E-state index contributed by atoms with van der Waals surface area (Å²) in [6.45, 7) is 0. The van der Waals surface area contributed by atoms with Crippen LogP contribution >= 0.6 is 0 Å². The molecule has 0 amide bonds. The van der Waals surface area contributed by atoms with Crippen LogP contribution < -0.4 is 0 Å². The number of hydrogen-bond acceptors (Lipinski definition) is 3. The largest absolute Gasteiger partial charge is 0.309 e. The van der Waals surface area contributed by atoms with Gasteiger partial charge in [-0.25, -0.2) is 0 Å². The number of hydrogen-bond donors (Lipinski definition) is 0. The highest BCUT2D eigenvalue weighted by Crippen LogP contribution is 2.43. The van der Waals surface area contributed by atoms with Crippen molar-refractivity contribution in [3.63, 3.8) is 0 Å². The third-order valence-corrected chi connectivity index (χ3v) is 9.60. The summed E-state index contributed by atoms with van der Waals surface area (Å²) < 4.78 is 4.34. The van der Waals surface area contributed by atoms with Crippen molar-refractivity contribution in [3.8, 4) is 51.8 Å². The standard InChI is InChI=1S/C45H25N5/c46-26-29-23-34(27-47)44(35(24-29)28-48)50-41-16-7-5-14-39(41)43-42(50)22-21-38-37-13-4-6-15-40(37)49(45(38)43)36-12-8-11-33(25-36)32-19-17-31(18-20-32)30-9-2-1-3-10-30/h1-25H. The first kappa shape index (κ1) is 28.8. The van der Waals surface area contributed by atoms with Crippen molar-refractivity contribution in [2.24, 2.45) is 0 Å². The van der Waals surface area contributed by atoms with Crippen molar-refractivity contribution < 1.29 is 0 Å². The average Bonchev–Trinajstić information content (AvgIpc) is 3.70. The number of benzene rings is 7. The second-order valence-electron chi connectivity index (χ2n) is 12.3. The molecule has 0 aliphatic carbocycles. The molecule has 2 aromatic heterocycles. The fraction of sp³-hybridized carbons (Fsp3) is 0. The summed E-state index contributed by atoms with van der Waals surface area (Å²) >= 11 is 0. The maximum absolute atomic E-state index is 10.3.